The Labute approximate surface area is 151 Å². The lowest BCUT2D eigenvalue weighted by molar-refractivity contribution is -0.137. The summed E-state index contributed by atoms with van der Waals surface area (Å²) in [6, 6.07) is 14.5. The molecule has 2 nitrogen and oxygen atoms in total. The third kappa shape index (κ3) is 3.09. The monoisotopic (exact) mass is 360 g/mol. The topological polar surface area (TPSA) is 38.0 Å². The minimum atomic E-state index is -4.32. The van der Waals surface area contributed by atoms with Crippen molar-refractivity contribution in [2.24, 2.45) is 17.6 Å². The Kier molecular flexibility index (Phi) is 4.43. The van der Waals surface area contributed by atoms with Gasteiger partial charge in [0.25, 0.3) is 0 Å². The fraction of sp³-hybridized carbons (Fsp3) is 0.429. The predicted molar refractivity (Wildman–Crippen MR) is 96.9 cm³/mol. The molecular weight excluding hydrogens is 337 g/mol. The van der Waals surface area contributed by atoms with Crippen LogP contribution in [0.3, 0.4) is 0 Å². The van der Waals surface area contributed by atoms with Crippen LogP contribution < -0.4 is 11.1 Å². The maximum atomic E-state index is 13.2. The van der Waals surface area contributed by atoms with Crippen LogP contribution in [0, 0.1) is 11.8 Å². The predicted octanol–water partition coefficient (Wildman–Crippen LogP) is 5.33. The van der Waals surface area contributed by atoms with Gasteiger partial charge in [-0.25, -0.2) is 0 Å². The third-order valence-corrected chi connectivity index (χ3v) is 6.02. The van der Waals surface area contributed by atoms with Gasteiger partial charge in [0, 0.05) is 5.69 Å². The molecule has 0 unspecified atom stereocenters. The number of hydrogen-bond acceptors (Lipinski definition) is 2. The van der Waals surface area contributed by atoms with Crippen molar-refractivity contribution in [2.75, 3.05) is 11.9 Å². The molecule has 1 fully saturated rings. The van der Waals surface area contributed by atoms with E-state index in [0.717, 1.165) is 30.5 Å². The number of hydrogen-bond donors (Lipinski definition) is 2. The fourth-order valence-corrected chi connectivity index (χ4v) is 4.69. The standard InChI is InChI=1S/C21H23F3N2/c22-21(23,24)15-7-9-19-18(11-15)17-10-13(12-25)6-8-16(17)20(26-19)14-4-2-1-3-5-14/h1-5,7,9,11,13,16-17,20,26H,6,8,10,12,25H2/t13-,16+,17-,20-/m0/s1. The average Bonchev–Trinajstić information content (AvgIpc) is 2.66. The Morgan fingerprint density at radius 2 is 1.81 bits per heavy atom. The van der Waals surface area contributed by atoms with Gasteiger partial charge in [-0.3, -0.25) is 0 Å². The molecule has 0 saturated heterocycles. The second-order valence-corrected chi connectivity index (χ2v) is 7.52. The van der Waals surface area contributed by atoms with E-state index in [1.165, 1.54) is 17.7 Å². The molecule has 4 atom stereocenters. The van der Waals surface area contributed by atoms with Crippen LogP contribution in [0.15, 0.2) is 48.5 Å². The first-order valence-electron chi connectivity index (χ1n) is 9.20. The highest BCUT2D eigenvalue weighted by molar-refractivity contribution is 5.59. The number of nitrogens with one attached hydrogen (secondary N) is 1. The van der Waals surface area contributed by atoms with Crippen molar-refractivity contribution in [1.82, 2.24) is 0 Å². The molecule has 2 aromatic carbocycles. The summed E-state index contributed by atoms with van der Waals surface area (Å²) in [5, 5.41) is 3.53. The van der Waals surface area contributed by atoms with Crippen LogP contribution >= 0.6 is 0 Å². The average molecular weight is 360 g/mol. The Hall–Kier alpha value is -2.01. The molecule has 4 rings (SSSR count). The van der Waals surface area contributed by atoms with E-state index >= 15 is 0 Å². The molecule has 0 spiro atoms. The highest BCUT2D eigenvalue weighted by Crippen LogP contribution is 2.53. The van der Waals surface area contributed by atoms with Crippen molar-refractivity contribution in [1.29, 1.82) is 0 Å². The molecule has 1 saturated carbocycles. The largest absolute Gasteiger partial charge is 0.416 e. The van der Waals surface area contributed by atoms with Crippen molar-refractivity contribution in [2.45, 2.75) is 37.4 Å². The molecule has 0 aromatic heterocycles. The molecule has 138 valence electrons. The first kappa shape index (κ1) is 17.4. The van der Waals surface area contributed by atoms with Gasteiger partial charge in [0.2, 0.25) is 0 Å². The van der Waals surface area contributed by atoms with Gasteiger partial charge in [0.1, 0.15) is 0 Å². The zero-order valence-electron chi connectivity index (χ0n) is 14.5. The van der Waals surface area contributed by atoms with Crippen LogP contribution in [0.2, 0.25) is 0 Å². The number of fused-ring (bicyclic) bond motifs is 3. The second-order valence-electron chi connectivity index (χ2n) is 7.52. The van der Waals surface area contributed by atoms with Crippen molar-refractivity contribution >= 4 is 5.69 Å². The molecule has 26 heavy (non-hydrogen) atoms. The maximum Gasteiger partial charge on any atom is 0.416 e. The number of rotatable bonds is 2. The van der Waals surface area contributed by atoms with Gasteiger partial charge in [0.05, 0.1) is 11.6 Å². The lowest BCUT2D eigenvalue weighted by Crippen LogP contribution is -2.37. The lowest BCUT2D eigenvalue weighted by Gasteiger charge is -2.46. The van der Waals surface area contributed by atoms with E-state index in [2.05, 4.69) is 17.4 Å². The zero-order chi connectivity index (χ0) is 18.3. The Morgan fingerprint density at radius 3 is 2.50 bits per heavy atom. The first-order valence-corrected chi connectivity index (χ1v) is 9.20. The molecule has 1 heterocycles. The molecule has 0 radical (unpaired) electrons. The Morgan fingerprint density at radius 1 is 1.04 bits per heavy atom. The van der Waals surface area contributed by atoms with E-state index in [9.17, 15) is 13.2 Å². The summed E-state index contributed by atoms with van der Waals surface area (Å²) in [5.74, 6) is 0.783. The summed E-state index contributed by atoms with van der Waals surface area (Å²) < 4.78 is 39.7. The van der Waals surface area contributed by atoms with Crippen molar-refractivity contribution in [3.63, 3.8) is 0 Å². The minimum Gasteiger partial charge on any atom is -0.378 e. The molecule has 5 heteroatoms. The Balaban J connectivity index is 1.77. The molecule has 2 aromatic rings. The molecule has 3 N–H and O–H groups in total. The smallest absolute Gasteiger partial charge is 0.378 e. The highest BCUT2D eigenvalue weighted by Gasteiger charge is 2.42. The maximum absolute atomic E-state index is 13.2. The van der Waals surface area contributed by atoms with Crippen LogP contribution in [-0.4, -0.2) is 6.54 Å². The molecular formula is C21H23F3N2. The molecule has 1 aliphatic heterocycles. The van der Waals surface area contributed by atoms with Crippen LogP contribution in [0.5, 0.6) is 0 Å². The van der Waals surface area contributed by atoms with Crippen LogP contribution in [0.4, 0.5) is 18.9 Å². The van der Waals surface area contributed by atoms with E-state index < -0.39 is 11.7 Å². The quantitative estimate of drug-likeness (QED) is 0.759. The molecule has 0 bridgehead atoms. The van der Waals surface area contributed by atoms with E-state index in [0.29, 0.717) is 12.5 Å². The van der Waals surface area contributed by atoms with Crippen molar-refractivity contribution < 1.29 is 13.2 Å². The summed E-state index contributed by atoms with van der Waals surface area (Å²) in [6.45, 7) is 0.598. The van der Waals surface area contributed by atoms with E-state index in [1.54, 1.807) is 6.07 Å². The summed E-state index contributed by atoms with van der Waals surface area (Å²) in [4.78, 5) is 0. The summed E-state index contributed by atoms with van der Waals surface area (Å²) >= 11 is 0. The highest BCUT2D eigenvalue weighted by atomic mass is 19.4. The molecule has 1 aliphatic carbocycles. The van der Waals surface area contributed by atoms with Crippen LogP contribution in [0.1, 0.15) is 47.9 Å². The van der Waals surface area contributed by atoms with Gasteiger partial charge < -0.3 is 11.1 Å². The number of alkyl halides is 3. The van der Waals surface area contributed by atoms with E-state index in [4.69, 9.17) is 5.73 Å². The molecule has 0 amide bonds. The summed E-state index contributed by atoms with van der Waals surface area (Å²) in [7, 11) is 0. The number of halogens is 3. The number of anilines is 1. The van der Waals surface area contributed by atoms with Crippen molar-refractivity contribution in [3.05, 3.63) is 65.2 Å². The molecule has 2 aliphatic rings. The van der Waals surface area contributed by atoms with E-state index in [1.807, 2.05) is 18.2 Å². The zero-order valence-corrected chi connectivity index (χ0v) is 14.5. The summed E-state index contributed by atoms with van der Waals surface area (Å²) in [5.41, 5.74) is 8.15. The van der Waals surface area contributed by atoms with Crippen molar-refractivity contribution in [3.8, 4) is 0 Å². The van der Waals surface area contributed by atoms with Gasteiger partial charge in [-0.2, -0.15) is 13.2 Å². The van der Waals surface area contributed by atoms with Gasteiger partial charge >= 0.3 is 6.18 Å². The van der Waals surface area contributed by atoms with E-state index in [-0.39, 0.29) is 17.9 Å². The lowest BCUT2D eigenvalue weighted by atomic mass is 9.65. The first-order chi connectivity index (χ1) is 12.5. The SMILES string of the molecule is NC[C@H]1CC[C@@H]2[C@H](C1)c1cc(C(F)(F)F)ccc1N[C@H]2c1ccccc1. The van der Waals surface area contributed by atoms with Gasteiger partial charge in [-0.15, -0.1) is 0 Å². The fourth-order valence-electron chi connectivity index (χ4n) is 4.69. The minimum absolute atomic E-state index is 0.112. The number of nitrogens with two attached hydrogens (primary N) is 1. The third-order valence-electron chi connectivity index (χ3n) is 6.02. The second kappa shape index (κ2) is 6.62. The Bertz CT molecular complexity index is 773. The normalized spacial score (nSPS) is 28.0. The van der Waals surface area contributed by atoms with Crippen LogP contribution in [-0.2, 0) is 6.18 Å². The van der Waals surface area contributed by atoms with Gasteiger partial charge in [-0.05, 0) is 72.9 Å². The summed E-state index contributed by atoms with van der Waals surface area (Å²) in [6.07, 6.45) is -1.44. The van der Waals surface area contributed by atoms with Crippen LogP contribution in [0.25, 0.3) is 0 Å². The van der Waals surface area contributed by atoms with Gasteiger partial charge in [0.15, 0.2) is 0 Å². The number of benzene rings is 2. The van der Waals surface area contributed by atoms with Gasteiger partial charge in [-0.1, -0.05) is 30.3 Å².